The molecule has 1 N–H and O–H groups in total. The van der Waals surface area contributed by atoms with Gasteiger partial charge in [0.25, 0.3) is 10.0 Å². The lowest BCUT2D eigenvalue weighted by atomic mass is 9.95. The molecule has 3 aromatic rings. The molecule has 0 bridgehead atoms. The smallest absolute Gasteiger partial charge is 0.341 e. The number of carbonyl (C=O) groups excluding carboxylic acids is 2. The van der Waals surface area contributed by atoms with E-state index in [4.69, 9.17) is 4.74 Å². The molecule has 0 spiro atoms. The zero-order valence-electron chi connectivity index (χ0n) is 19.1. The van der Waals surface area contributed by atoms with Gasteiger partial charge in [-0.25, -0.2) is 13.2 Å². The van der Waals surface area contributed by atoms with Gasteiger partial charge < -0.3 is 10.1 Å². The van der Waals surface area contributed by atoms with Gasteiger partial charge in [-0.05, 0) is 97.2 Å². The minimum atomic E-state index is -4.01. The molecule has 1 heterocycles. The molecule has 1 amide bonds. The fourth-order valence-corrected chi connectivity index (χ4v) is 7.11. The topological polar surface area (TPSA) is 92.8 Å². The van der Waals surface area contributed by atoms with Crippen LogP contribution in [0.25, 0.3) is 0 Å². The number of rotatable bonds is 8. The number of ether oxygens (including phenoxy) is 1. The van der Waals surface area contributed by atoms with E-state index >= 15 is 0 Å². The largest absolute Gasteiger partial charge is 0.462 e. The lowest BCUT2D eigenvalue weighted by Crippen LogP contribution is -2.38. The molecular formula is C25H25IN2O5S2. The fourth-order valence-electron chi connectivity index (χ4n) is 4.01. The zero-order valence-corrected chi connectivity index (χ0v) is 22.9. The predicted octanol–water partition coefficient (Wildman–Crippen LogP) is 5.24. The van der Waals surface area contributed by atoms with Crippen LogP contribution in [0, 0.1) is 3.57 Å². The van der Waals surface area contributed by atoms with Crippen LogP contribution in [0.1, 0.15) is 40.6 Å². The van der Waals surface area contributed by atoms with Gasteiger partial charge in [0.1, 0.15) is 11.5 Å². The standard InChI is InChI=1S/C25H25IN2O5S2/c1-2-33-25(30)23-20-10-6-7-11-21(20)34-24(23)27-22(29)16-28(18-14-12-17(26)13-15-18)35(31,32)19-8-4-3-5-9-19/h3-5,8-9,12-15H,2,6-7,10-11,16H2,1H3,(H,27,29). The summed E-state index contributed by atoms with van der Waals surface area (Å²) in [6.07, 6.45) is 3.60. The lowest BCUT2D eigenvalue weighted by molar-refractivity contribution is -0.114. The van der Waals surface area contributed by atoms with Crippen molar-refractivity contribution in [2.45, 2.75) is 37.5 Å². The second-order valence-electron chi connectivity index (χ2n) is 7.98. The van der Waals surface area contributed by atoms with E-state index in [9.17, 15) is 18.0 Å². The highest BCUT2D eigenvalue weighted by atomic mass is 127. The van der Waals surface area contributed by atoms with Crippen molar-refractivity contribution in [3.8, 4) is 0 Å². The van der Waals surface area contributed by atoms with Gasteiger partial charge >= 0.3 is 5.97 Å². The summed E-state index contributed by atoms with van der Waals surface area (Å²) >= 11 is 3.51. The number of benzene rings is 2. The van der Waals surface area contributed by atoms with Crippen molar-refractivity contribution in [2.24, 2.45) is 0 Å². The number of hydrogen-bond acceptors (Lipinski definition) is 6. The van der Waals surface area contributed by atoms with Crippen LogP contribution in [0.15, 0.2) is 59.5 Å². The number of halogens is 1. The molecule has 10 heteroatoms. The number of anilines is 2. The molecule has 0 unspecified atom stereocenters. The van der Waals surface area contributed by atoms with Crippen LogP contribution in [-0.2, 0) is 32.4 Å². The van der Waals surface area contributed by atoms with E-state index in [1.807, 2.05) is 0 Å². The number of thiophene rings is 1. The Balaban J connectivity index is 1.66. The first-order valence-corrected chi connectivity index (χ1v) is 14.6. The van der Waals surface area contributed by atoms with Gasteiger partial charge in [0.2, 0.25) is 5.91 Å². The molecule has 0 atom stereocenters. The highest BCUT2D eigenvalue weighted by Gasteiger charge is 2.30. The van der Waals surface area contributed by atoms with Crippen molar-refractivity contribution in [2.75, 3.05) is 22.8 Å². The van der Waals surface area contributed by atoms with Crippen molar-refractivity contribution in [3.63, 3.8) is 0 Å². The number of aryl methyl sites for hydroxylation is 1. The van der Waals surface area contributed by atoms with Gasteiger partial charge in [-0.3, -0.25) is 9.10 Å². The van der Waals surface area contributed by atoms with Crippen molar-refractivity contribution >= 4 is 66.5 Å². The minimum absolute atomic E-state index is 0.0881. The van der Waals surface area contributed by atoms with Crippen LogP contribution < -0.4 is 9.62 Å². The Hall–Kier alpha value is -2.44. The van der Waals surface area contributed by atoms with Crippen molar-refractivity contribution < 1.29 is 22.7 Å². The van der Waals surface area contributed by atoms with E-state index in [0.29, 0.717) is 16.3 Å². The minimum Gasteiger partial charge on any atom is -0.462 e. The summed E-state index contributed by atoms with van der Waals surface area (Å²) in [7, 11) is -4.01. The fraction of sp³-hybridized carbons (Fsp3) is 0.280. The van der Waals surface area contributed by atoms with Gasteiger partial charge in [-0.15, -0.1) is 11.3 Å². The third-order valence-corrected chi connectivity index (χ3v) is 9.35. The SMILES string of the molecule is CCOC(=O)c1c(NC(=O)CN(c2ccc(I)cc2)S(=O)(=O)c2ccccc2)sc2c1CCCC2. The third-order valence-electron chi connectivity index (χ3n) is 5.64. The Morgan fingerprint density at radius 1 is 1.06 bits per heavy atom. The summed E-state index contributed by atoms with van der Waals surface area (Å²) in [5.74, 6) is -0.999. The molecule has 1 aromatic heterocycles. The van der Waals surface area contributed by atoms with Gasteiger partial charge in [-0.1, -0.05) is 18.2 Å². The Bertz CT molecular complexity index is 1320. The predicted molar refractivity (Wildman–Crippen MR) is 146 cm³/mol. The summed E-state index contributed by atoms with van der Waals surface area (Å²) in [5, 5.41) is 3.23. The van der Waals surface area contributed by atoms with Crippen molar-refractivity contribution in [1.29, 1.82) is 0 Å². The number of hydrogen-bond donors (Lipinski definition) is 1. The Morgan fingerprint density at radius 3 is 2.43 bits per heavy atom. The second-order valence-corrected chi connectivity index (χ2v) is 12.2. The van der Waals surface area contributed by atoms with Crippen LogP contribution in [0.4, 0.5) is 10.7 Å². The molecule has 35 heavy (non-hydrogen) atoms. The van der Waals surface area contributed by atoms with Crippen molar-refractivity contribution in [1.82, 2.24) is 0 Å². The maximum atomic E-state index is 13.5. The summed E-state index contributed by atoms with van der Waals surface area (Å²) in [6.45, 7) is 1.53. The zero-order chi connectivity index (χ0) is 25.0. The van der Waals surface area contributed by atoms with Gasteiger partial charge in [-0.2, -0.15) is 0 Å². The third kappa shape index (κ3) is 5.70. The Morgan fingerprint density at radius 2 is 1.74 bits per heavy atom. The molecule has 1 aliphatic carbocycles. The summed E-state index contributed by atoms with van der Waals surface area (Å²) in [4.78, 5) is 27.1. The first-order chi connectivity index (χ1) is 16.8. The van der Waals surface area contributed by atoms with E-state index in [0.717, 1.165) is 44.0 Å². The first kappa shape index (κ1) is 25.6. The van der Waals surface area contributed by atoms with E-state index in [1.54, 1.807) is 49.4 Å². The van der Waals surface area contributed by atoms with Gasteiger partial charge in [0.15, 0.2) is 0 Å². The average Bonchev–Trinajstić information content (AvgIpc) is 3.21. The second kappa shape index (κ2) is 11.1. The van der Waals surface area contributed by atoms with E-state index in [-0.39, 0.29) is 11.5 Å². The number of esters is 1. The maximum absolute atomic E-state index is 13.5. The molecule has 0 aliphatic heterocycles. The highest BCUT2D eigenvalue weighted by Crippen LogP contribution is 2.38. The van der Waals surface area contributed by atoms with Gasteiger partial charge in [0.05, 0.1) is 22.8 Å². The molecular weight excluding hydrogens is 599 g/mol. The number of carbonyl (C=O) groups is 2. The molecule has 0 fully saturated rings. The summed E-state index contributed by atoms with van der Waals surface area (Å²) in [6, 6.07) is 14.9. The molecule has 4 rings (SSSR count). The van der Waals surface area contributed by atoms with Crippen LogP contribution in [0.3, 0.4) is 0 Å². The highest BCUT2D eigenvalue weighted by molar-refractivity contribution is 14.1. The van der Waals surface area contributed by atoms with Gasteiger partial charge in [0, 0.05) is 8.45 Å². The summed E-state index contributed by atoms with van der Waals surface area (Å²) in [5.41, 5.74) is 1.70. The number of fused-ring (bicyclic) bond motifs is 1. The number of nitrogens with zero attached hydrogens (tertiary/aromatic N) is 1. The molecule has 184 valence electrons. The molecule has 0 saturated heterocycles. The van der Waals surface area contributed by atoms with Crippen molar-refractivity contribution in [3.05, 3.63) is 74.2 Å². The Kier molecular flexibility index (Phi) is 8.12. The number of sulfonamides is 1. The van der Waals surface area contributed by atoms with E-state index in [1.165, 1.54) is 23.5 Å². The van der Waals surface area contributed by atoms with Crippen LogP contribution in [-0.4, -0.2) is 33.4 Å². The lowest BCUT2D eigenvalue weighted by Gasteiger charge is -2.24. The summed E-state index contributed by atoms with van der Waals surface area (Å²) < 4.78 is 34.3. The monoisotopic (exact) mass is 624 g/mol. The van der Waals surface area contributed by atoms with E-state index < -0.39 is 28.4 Å². The number of nitrogens with one attached hydrogen (secondary N) is 1. The Labute approximate surface area is 222 Å². The normalized spacial score (nSPS) is 13.1. The maximum Gasteiger partial charge on any atom is 0.341 e. The van der Waals surface area contributed by atoms with Crippen LogP contribution in [0.5, 0.6) is 0 Å². The van der Waals surface area contributed by atoms with Crippen LogP contribution >= 0.6 is 33.9 Å². The molecule has 0 saturated carbocycles. The molecule has 1 aliphatic rings. The first-order valence-electron chi connectivity index (χ1n) is 11.3. The quantitative estimate of drug-likeness (QED) is 0.274. The number of amides is 1. The van der Waals surface area contributed by atoms with Crippen LogP contribution in [0.2, 0.25) is 0 Å². The molecule has 0 radical (unpaired) electrons. The van der Waals surface area contributed by atoms with E-state index in [2.05, 4.69) is 27.9 Å². The average molecular weight is 625 g/mol. The molecule has 2 aromatic carbocycles. The molecule has 7 nitrogen and oxygen atoms in total.